The van der Waals surface area contributed by atoms with E-state index in [-0.39, 0.29) is 0 Å². The molecular formula is C4H6N2O4P-3. The number of aryl methyl sites for hydroxylation is 1. The molecule has 0 fully saturated rings. The van der Waals surface area contributed by atoms with Crippen LogP contribution in [0.4, 0.5) is 0 Å². The summed E-state index contributed by atoms with van der Waals surface area (Å²) in [7, 11) is -3.45. The monoisotopic (exact) mass is 177 g/mol. The zero-order valence-corrected chi connectivity index (χ0v) is 6.60. The van der Waals surface area contributed by atoms with E-state index in [2.05, 4.69) is 4.98 Å². The van der Waals surface area contributed by atoms with Crippen molar-refractivity contribution in [2.45, 2.75) is 0 Å². The van der Waals surface area contributed by atoms with Crippen molar-refractivity contribution >= 4 is 7.82 Å². The van der Waals surface area contributed by atoms with Crippen molar-refractivity contribution in [2.75, 3.05) is 0 Å². The van der Waals surface area contributed by atoms with Crippen LogP contribution in [0.25, 0.3) is 0 Å². The summed E-state index contributed by atoms with van der Waals surface area (Å²) in [5, 5.41) is 0. The van der Waals surface area contributed by atoms with Crippen molar-refractivity contribution in [2.24, 2.45) is 7.05 Å². The average molecular weight is 177 g/mol. The second kappa shape index (κ2) is 4.25. The number of aromatic nitrogens is 2. The first-order valence-electron chi connectivity index (χ1n) is 2.54. The van der Waals surface area contributed by atoms with Crippen LogP contribution in [0, 0.1) is 0 Å². The highest BCUT2D eigenvalue weighted by Gasteiger charge is 1.69. The van der Waals surface area contributed by atoms with Gasteiger partial charge in [-0.1, -0.05) is 0 Å². The summed E-state index contributed by atoms with van der Waals surface area (Å²) >= 11 is 0. The van der Waals surface area contributed by atoms with Crippen LogP contribution in [0.15, 0.2) is 18.7 Å². The van der Waals surface area contributed by atoms with Crippen molar-refractivity contribution in [3.05, 3.63) is 18.7 Å². The molecule has 0 atom stereocenters. The van der Waals surface area contributed by atoms with Crippen molar-refractivity contribution in [3.8, 4) is 0 Å². The molecule has 0 bridgehead atoms. The molecule has 11 heavy (non-hydrogen) atoms. The van der Waals surface area contributed by atoms with Crippen LogP contribution in [-0.4, -0.2) is 9.55 Å². The molecule has 1 rings (SSSR count). The third-order valence-corrected chi connectivity index (χ3v) is 0.637. The highest BCUT2D eigenvalue weighted by atomic mass is 31.2. The van der Waals surface area contributed by atoms with Crippen LogP contribution < -0.4 is 14.7 Å². The van der Waals surface area contributed by atoms with E-state index in [4.69, 9.17) is 19.2 Å². The van der Waals surface area contributed by atoms with E-state index < -0.39 is 7.82 Å². The molecule has 1 aromatic heterocycles. The van der Waals surface area contributed by atoms with Gasteiger partial charge in [0.15, 0.2) is 0 Å². The Hall–Kier alpha value is -0.680. The first kappa shape index (κ1) is 10.3. The molecule has 0 N–H and O–H groups in total. The zero-order valence-electron chi connectivity index (χ0n) is 5.71. The number of hydrogen-bond acceptors (Lipinski definition) is 5. The molecule has 7 heteroatoms. The lowest BCUT2D eigenvalue weighted by Gasteiger charge is -2.36. The molecule has 6 nitrogen and oxygen atoms in total. The van der Waals surface area contributed by atoms with Gasteiger partial charge >= 0.3 is 0 Å². The molecule has 1 heterocycles. The van der Waals surface area contributed by atoms with E-state index in [1.807, 2.05) is 17.8 Å². The standard InChI is InChI=1S/C4H6N2.H3O4P/c1-6-3-2-5-4-6;1-5(2,3)4/h2-4H,1H3;(H3,1,2,3,4)/p-3. The van der Waals surface area contributed by atoms with E-state index in [9.17, 15) is 0 Å². The number of hydrogen-bond donors (Lipinski definition) is 0. The Morgan fingerprint density at radius 2 is 1.91 bits per heavy atom. The second-order valence-corrected chi connectivity index (χ2v) is 2.57. The molecule has 0 saturated carbocycles. The molecule has 0 aliphatic rings. The van der Waals surface area contributed by atoms with Gasteiger partial charge in [0, 0.05) is 19.4 Å². The molecule has 0 saturated heterocycles. The number of nitrogens with zero attached hydrogens (tertiary/aromatic N) is 2. The van der Waals surface area contributed by atoms with Gasteiger partial charge in [0.2, 0.25) is 0 Å². The Balaban J connectivity index is 0.000000187. The Morgan fingerprint density at radius 3 is 2.00 bits per heavy atom. The summed E-state index contributed by atoms with van der Waals surface area (Å²) in [5.41, 5.74) is 0. The SMILES string of the molecule is Cn1ccnc1.O=P([O-])([O-])[O-]. The zero-order chi connectivity index (χ0) is 8.91. The van der Waals surface area contributed by atoms with Crippen LogP contribution in [0.5, 0.6) is 0 Å². The lowest BCUT2D eigenvalue weighted by atomic mass is 10.9. The minimum absolute atomic E-state index is 1.75. The summed E-state index contributed by atoms with van der Waals surface area (Å²) in [6.07, 6.45) is 5.39. The molecule has 0 aromatic carbocycles. The molecule has 1 aromatic rings. The smallest absolute Gasteiger partial charge is 0.0943 e. The predicted octanol–water partition coefficient (Wildman–Crippen LogP) is -2.40. The average Bonchev–Trinajstić information content (AvgIpc) is 2.12. The van der Waals surface area contributed by atoms with Gasteiger partial charge in [-0.05, 0) is 0 Å². The fourth-order valence-corrected chi connectivity index (χ4v) is 0.326. The lowest BCUT2D eigenvalue weighted by molar-refractivity contribution is -0.432. The largest absolute Gasteiger partial charge is 0.822 e. The van der Waals surface area contributed by atoms with Crippen LogP contribution in [-0.2, 0) is 11.6 Å². The van der Waals surface area contributed by atoms with Gasteiger partial charge in [0.1, 0.15) is 0 Å². The van der Waals surface area contributed by atoms with Crippen LogP contribution >= 0.6 is 7.82 Å². The summed E-state index contributed by atoms with van der Waals surface area (Å²) in [6, 6.07) is 0. The Morgan fingerprint density at radius 1 is 1.45 bits per heavy atom. The van der Waals surface area contributed by atoms with Crippen molar-refractivity contribution in [1.29, 1.82) is 0 Å². The minimum Gasteiger partial charge on any atom is -0.822 e. The Bertz CT molecular complexity index is 220. The van der Waals surface area contributed by atoms with Crippen molar-refractivity contribution < 1.29 is 19.2 Å². The molecule has 0 aliphatic heterocycles. The van der Waals surface area contributed by atoms with Crippen LogP contribution in [0.3, 0.4) is 0 Å². The summed E-state index contributed by atoms with van der Waals surface area (Å²) in [5.74, 6) is 0. The third-order valence-electron chi connectivity index (χ3n) is 0.637. The first-order chi connectivity index (χ1) is 4.89. The molecule has 0 amide bonds. The molecule has 0 unspecified atom stereocenters. The maximum absolute atomic E-state index is 8.55. The fraction of sp³-hybridized carbons (Fsp3) is 0.250. The minimum atomic E-state index is -5.39. The van der Waals surface area contributed by atoms with E-state index in [1.54, 1.807) is 12.5 Å². The predicted molar refractivity (Wildman–Crippen MR) is 30.8 cm³/mol. The van der Waals surface area contributed by atoms with E-state index in [0.29, 0.717) is 0 Å². The van der Waals surface area contributed by atoms with Gasteiger partial charge < -0.3 is 23.8 Å². The van der Waals surface area contributed by atoms with E-state index >= 15 is 0 Å². The molecule has 64 valence electrons. The number of imidazole rings is 1. The first-order valence-corrected chi connectivity index (χ1v) is 4.00. The topological polar surface area (TPSA) is 104 Å². The Kier molecular flexibility index (Phi) is 3.99. The highest BCUT2D eigenvalue weighted by molar-refractivity contribution is 7.40. The van der Waals surface area contributed by atoms with Gasteiger partial charge in [0.05, 0.1) is 6.33 Å². The van der Waals surface area contributed by atoms with Gasteiger partial charge in [0.25, 0.3) is 0 Å². The highest BCUT2D eigenvalue weighted by Crippen LogP contribution is 2.03. The Labute approximate surface area is 63.4 Å². The van der Waals surface area contributed by atoms with Gasteiger partial charge in [-0.15, -0.1) is 0 Å². The second-order valence-electron chi connectivity index (χ2n) is 1.68. The van der Waals surface area contributed by atoms with Gasteiger partial charge in [-0.2, -0.15) is 7.82 Å². The van der Waals surface area contributed by atoms with Gasteiger partial charge in [-0.25, -0.2) is 4.98 Å². The number of rotatable bonds is 0. The lowest BCUT2D eigenvalue weighted by Crippen LogP contribution is -2.24. The fourth-order valence-electron chi connectivity index (χ4n) is 0.326. The quantitative estimate of drug-likeness (QED) is 0.410. The van der Waals surface area contributed by atoms with Gasteiger partial charge in [-0.3, -0.25) is 0 Å². The normalized spacial score (nSPS) is 10.2. The van der Waals surface area contributed by atoms with Crippen LogP contribution in [0.1, 0.15) is 0 Å². The van der Waals surface area contributed by atoms with Crippen molar-refractivity contribution in [1.82, 2.24) is 9.55 Å². The number of phosphoric acid groups is 1. The molecular weight excluding hydrogens is 171 g/mol. The van der Waals surface area contributed by atoms with Crippen molar-refractivity contribution in [3.63, 3.8) is 0 Å². The summed E-state index contributed by atoms with van der Waals surface area (Å²) < 4.78 is 10.4. The molecule has 0 radical (unpaired) electrons. The maximum atomic E-state index is 8.55. The third kappa shape index (κ3) is 12.5. The van der Waals surface area contributed by atoms with E-state index in [1.165, 1.54) is 0 Å². The van der Waals surface area contributed by atoms with E-state index in [0.717, 1.165) is 0 Å². The summed E-state index contributed by atoms with van der Waals surface area (Å²) in [4.78, 5) is 29.4. The molecule has 0 aliphatic carbocycles. The molecule has 0 spiro atoms. The summed E-state index contributed by atoms with van der Waals surface area (Å²) in [6.45, 7) is 0. The maximum Gasteiger partial charge on any atom is 0.0943 e. The van der Waals surface area contributed by atoms with Crippen LogP contribution in [0.2, 0.25) is 0 Å².